The van der Waals surface area contributed by atoms with Gasteiger partial charge in [0.2, 0.25) is 5.91 Å². The number of nitrogens with one attached hydrogen (secondary N) is 2. The summed E-state index contributed by atoms with van der Waals surface area (Å²) in [5.74, 6) is -0.489. The van der Waals surface area contributed by atoms with Crippen LogP contribution in [0.25, 0.3) is 0 Å². The van der Waals surface area contributed by atoms with Crippen LogP contribution in [0.3, 0.4) is 0 Å². The summed E-state index contributed by atoms with van der Waals surface area (Å²) in [6, 6.07) is 6.22. The first kappa shape index (κ1) is 15.1. The number of halogens is 1. The van der Waals surface area contributed by atoms with Crippen LogP contribution in [0.1, 0.15) is 30.9 Å². The van der Waals surface area contributed by atoms with Gasteiger partial charge in [-0.25, -0.2) is 4.39 Å². The van der Waals surface area contributed by atoms with E-state index in [1.165, 1.54) is 12.1 Å². The summed E-state index contributed by atoms with van der Waals surface area (Å²) in [4.78, 5) is 11.3. The van der Waals surface area contributed by atoms with E-state index < -0.39 is 5.82 Å². The molecule has 19 heavy (non-hydrogen) atoms. The maximum Gasteiger partial charge on any atom is 0.221 e. The molecule has 0 aromatic heterocycles. The van der Waals surface area contributed by atoms with Crippen molar-refractivity contribution in [2.45, 2.75) is 26.3 Å². The molecule has 4 nitrogen and oxygen atoms in total. The fourth-order valence-electron chi connectivity index (χ4n) is 1.56. The minimum atomic E-state index is -0.509. The Labute approximate surface area is 112 Å². The molecule has 0 saturated carbocycles. The van der Waals surface area contributed by atoms with Crippen molar-refractivity contribution in [3.63, 3.8) is 0 Å². The van der Waals surface area contributed by atoms with E-state index in [-0.39, 0.29) is 11.5 Å². The van der Waals surface area contributed by atoms with Crippen molar-refractivity contribution in [2.75, 3.05) is 13.1 Å². The zero-order valence-corrected chi connectivity index (χ0v) is 11.0. The number of benzene rings is 1. The monoisotopic (exact) mass is 263 g/mol. The Kier molecular flexibility index (Phi) is 6.55. The van der Waals surface area contributed by atoms with Crippen molar-refractivity contribution in [3.05, 3.63) is 35.1 Å². The molecular weight excluding hydrogens is 245 g/mol. The molecule has 0 unspecified atom stereocenters. The van der Waals surface area contributed by atoms with Crippen LogP contribution in [0.2, 0.25) is 0 Å². The molecule has 0 aliphatic heterocycles. The molecule has 2 N–H and O–H groups in total. The van der Waals surface area contributed by atoms with Gasteiger partial charge in [-0.3, -0.25) is 4.79 Å². The maximum atomic E-state index is 13.1. The van der Waals surface area contributed by atoms with Gasteiger partial charge in [-0.2, -0.15) is 5.26 Å². The van der Waals surface area contributed by atoms with Gasteiger partial charge in [0.05, 0.1) is 5.56 Å². The zero-order valence-electron chi connectivity index (χ0n) is 11.0. The molecule has 0 saturated heterocycles. The lowest BCUT2D eigenvalue weighted by Gasteiger charge is -2.06. The van der Waals surface area contributed by atoms with Crippen molar-refractivity contribution in [1.29, 1.82) is 5.26 Å². The predicted molar refractivity (Wildman–Crippen MR) is 70.7 cm³/mol. The third-order valence-electron chi connectivity index (χ3n) is 2.58. The van der Waals surface area contributed by atoms with E-state index in [0.717, 1.165) is 12.0 Å². The van der Waals surface area contributed by atoms with E-state index in [1.807, 2.05) is 6.92 Å². The second-order valence-corrected chi connectivity index (χ2v) is 4.20. The van der Waals surface area contributed by atoms with Crippen LogP contribution < -0.4 is 10.6 Å². The molecule has 102 valence electrons. The van der Waals surface area contributed by atoms with Crippen molar-refractivity contribution in [1.82, 2.24) is 10.6 Å². The molecule has 0 spiro atoms. The largest absolute Gasteiger partial charge is 0.356 e. The van der Waals surface area contributed by atoms with E-state index in [0.29, 0.717) is 26.1 Å². The number of carbonyl (C=O) groups excluding carboxylic acids is 1. The van der Waals surface area contributed by atoms with Crippen LogP contribution in [0.5, 0.6) is 0 Å². The van der Waals surface area contributed by atoms with Crippen LogP contribution in [-0.2, 0) is 11.3 Å². The van der Waals surface area contributed by atoms with Gasteiger partial charge in [-0.15, -0.1) is 0 Å². The number of hydrogen-bond donors (Lipinski definition) is 2. The molecule has 0 radical (unpaired) electrons. The Morgan fingerprint density at radius 3 is 2.89 bits per heavy atom. The standard InChI is InChI=1S/C14H18FN3O/c1-2-6-18-14(19)5-7-17-10-11-3-4-13(15)12(8-11)9-16/h3-4,8,17H,2,5-7,10H2,1H3,(H,18,19). The van der Waals surface area contributed by atoms with Gasteiger partial charge in [0.15, 0.2) is 0 Å². The number of amides is 1. The highest BCUT2D eigenvalue weighted by Crippen LogP contribution is 2.09. The number of nitriles is 1. The molecule has 1 aromatic rings. The minimum absolute atomic E-state index is 0.0196. The van der Waals surface area contributed by atoms with Gasteiger partial charge in [0.1, 0.15) is 11.9 Å². The molecular formula is C14H18FN3O. The molecule has 0 bridgehead atoms. The Hall–Kier alpha value is -1.93. The van der Waals surface area contributed by atoms with Gasteiger partial charge >= 0.3 is 0 Å². The highest BCUT2D eigenvalue weighted by molar-refractivity contribution is 5.75. The summed E-state index contributed by atoms with van der Waals surface area (Å²) in [5, 5.41) is 14.6. The fraction of sp³-hybridized carbons (Fsp3) is 0.429. The van der Waals surface area contributed by atoms with Crippen LogP contribution in [0.15, 0.2) is 18.2 Å². The first-order valence-electron chi connectivity index (χ1n) is 6.33. The number of rotatable bonds is 7. The minimum Gasteiger partial charge on any atom is -0.356 e. The van der Waals surface area contributed by atoms with E-state index in [4.69, 9.17) is 5.26 Å². The molecule has 1 amide bonds. The van der Waals surface area contributed by atoms with Crippen molar-refractivity contribution in [2.24, 2.45) is 0 Å². The van der Waals surface area contributed by atoms with Crippen LogP contribution in [0, 0.1) is 17.1 Å². The molecule has 1 rings (SSSR count). The van der Waals surface area contributed by atoms with E-state index in [2.05, 4.69) is 10.6 Å². The third-order valence-corrected chi connectivity index (χ3v) is 2.58. The van der Waals surface area contributed by atoms with Gasteiger partial charge in [0, 0.05) is 26.1 Å². The summed E-state index contributed by atoms with van der Waals surface area (Å²) in [5.41, 5.74) is 0.868. The lowest BCUT2D eigenvalue weighted by molar-refractivity contribution is -0.120. The first-order valence-corrected chi connectivity index (χ1v) is 6.33. The fourth-order valence-corrected chi connectivity index (χ4v) is 1.56. The number of nitrogens with zero attached hydrogens (tertiary/aromatic N) is 1. The van der Waals surface area contributed by atoms with Crippen LogP contribution >= 0.6 is 0 Å². The molecule has 0 atom stereocenters. The summed E-state index contributed by atoms with van der Waals surface area (Å²) >= 11 is 0. The molecule has 0 fully saturated rings. The van der Waals surface area contributed by atoms with Crippen molar-refractivity contribution < 1.29 is 9.18 Å². The van der Waals surface area contributed by atoms with E-state index in [1.54, 1.807) is 12.1 Å². The highest BCUT2D eigenvalue weighted by Gasteiger charge is 2.03. The average molecular weight is 263 g/mol. The normalized spacial score (nSPS) is 9.95. The summed E-state index contributed by atoms with van der Waals surface area (Å²) in [6.45, 7) is 3.76. The average Bonchev–Trinajstić information content (AvgIpc) is 2.42. The number of hydrogen-bond acceptors (Lipinski definition) is 3. The molecule has 0 heterocycles. The zero-order chi connectivity index (χ0) is 14.1. The SMILES string of the molecule is CCCNC(=O)CCNCc1ccc(F)c(C#N)c1. The second-order valence-electron chi connectivity index (χ2n) is 4.20. The molecule has 0 aliphatic rings. The molecule has 0 aliphatic carbocycles. The first-order chi connectivity index (χ1) is 9.17. The topological polar surface area (TPSA) is 64.9 Å². The van der Waals surface area contributed by atoms with Gasteiger partial charge in [-0.1, -0.05) is 13.0 Å². The lowest BCUT2D eigenvalue weighted by atomic mass is 10.1. The van der Waals surface area contributed by atoms with Gasteiger partial charge in [-0.05, 0) is 24.1 Å². The third kappa shape index (κ3) is 5.49. The Morgan fingerprint density at radius 1 is 1.42 bits per heavy atom. The summed E-state index contributed by atoms with van der Waals surface area (Å²) in [7, 11) is 0. The van der Waals surface area contributed by atoms with Gasteiger partial charge < -0.3 is 10.6 Å². The van der Waals surface area contributed by atoms with Crippen molar-refractivity contribution in [3.8, 4) is 6.07 Å². The van der Waals surface area contributed by atoms with Crippen LogP contribution in [0.4, 0.5) is 4.39 Å². The van der Waals surface area contributed by atoms with E-state index >= 15 is 0 Å². The molecule has 1 aromatic carbocycles. The number of carbonyl (C=O) groups is 1. The van der Waals surface area contributed by atoms with Crippen molar-refractivity contribution >= 4 is 5.91 Å². The maximum absolute atomic E-state index is 13.1. The van der Waals surface area contributed by atoms with Gasteiger partial charge in [0.25, 0.3) is 0 Å². The highest BCUT2D eigenvalue weighted by atomic mass is 19.1. The Bertz CT molecular complexity index is 468. The second kappa shape index (κ2) is 8.22. The quantitative estimate of drug-likeness (QED) is 0.736. The summed E-state index contributed by atoms with van der Waals surface area (Å²) in [6.07, 6.45) is 1.33. The Morgan fingerprint density at radius 2 is 2.21 bits per heavy atom. The van der Waals surface area contributed by atoms with Crippen LogP contribution in [-0.4, -0.2) is 19.0 Å². The molecule has 5 heteroatoms. The van der Waals surface area contributed by atoms with E-state index in [9.17, 15) is 9.18 Å². The predicted octanol–water partition coefficient (Wildman–Crippen LogP) is 1.70. The summed E-state index contributed by atoms with van der Waals surface area (Å²) < 4.78 is 13.1. The lowest BCUT2D eigenvalue weighted by Crippen LogP contribution is -2.28. The smallest absolute Gasteiger partial charge is 0.221 e. The Balaban J connectivity index is 2.30.